The molecule has 0 heterocycles. The molecule has 0 saturated carbocycles. The highest BCUT2D eigenvalue weighted by molar-refractivity contribution is 5.75. The SMILES string of the molecule is C/C=C/CCC(=O)NCc1ccccc1. The average molecular weight is 203 g/mol. The summed E-state index contributed by atoms with van der Waals surface area (Å²) in [6.45, 7) is 2.58. The minimum Gasteiger partial charge on any atom is -0.352 e. The molecule has 0 aliphatic rings. The van der Waals surface area contributed by atoms with Crippen LogP contribution in [-0.4, -0.2) is 5.91 Å². The monoisotopic (exact) mass is 203 g/mol. The highest BCUT2D eigenvalue weighted by atomic mass is 16.1. The summed E-state index contributed by atoms with van der Waals surface area (Å²) in [5.41, 5.74) is 1.14. The number of hydrogen-bond acceptors (Lipinski definition) is 1. The van der Waals surface area contributed by atoms with Gasteiger partial charge in [-0.15, -0.1) is 0 Å². The Morgan fingerprint density at radius 1 is 1.33 bits per heavy atom. The molecule has 2 heteroatoms. The van der Waals surface area contributed by atoms with Crippen LogP contribution in [0.4, 0.5) is 0 Å². The molecule has 0 spiro atoms. The maximum absolute atomic E-state index is 11.3. The van der Waals surface area contributed by atoms with E-state index >= 15 is 0 Å². The Morgan fingerprint density at radius 3 is 2.73 bits per heavy atom. The normalized spacial score (nSPS) is 10.5. The van der Waals surface area contributed by atoms with Gasteiger partial charge < -0.3 is 5.32 Å². The number of rotatable bonds is 5. The van der Waals surface area contributed by atoms with E-state index in [-0.39, 0.29) is 5.91 Å². The molecule has 0 unspecified atom stereocenters. The Hall–Kier alpha value is -1.57. The van der Waals surface area contributed by atoms with Gasteiger partial charge in [0.15, 0.2) is 0 Å². The van der Waals surface area contributed by atoms with Crippen molar-refractivity contribution in [1.82, 2.24) is 5.32 Å². The summed E-state index contributed by atoms with van der Waals surface area (Å²) >= 11 is 0. The van der Waals surface area contributed by atoms with Crippen LogP contribution in [0.15, 0.2) is 42.5 Å². The average Bonchev–Trinajstić information content (AvgIpc) is 2.28. The summed E-state index contributed by atoms with van der Waals surface area (Å²) in [5, 5.41) is 2.89. The number of carbonyl (C=O) groups excluding carboxylic acids is 1. The minimum atomic E-state index is 0.108. The second kappa shape index (κ2) is 6.82. The molecule has 1 rings (SSSR count). The Bertz CT molecular complexity index is 317. The van der Waals surface area contributed by atoms with Crippen molar-refractivity contribution in [2.24, 2.45) is 0 Å². The molecule has 2 nitrogen and oxygen atoms in total. The summed E-state index contributed by atoms with van der Waals surface area (Å²) in [4.78, 5) is 11.3. The minimum absolute atomic E-state index is 0.108. The fraction of sp³-hybridized carbons (Fsp3) is 0.308. The molecule has 0 bridgehead atoms. The van der Waals surface area contributed by atoms with Gasteiger partial charge >= 0.3 is 0 Å². The van der Waals surface area contributed by atoms with Crippen molar-refractivity contribution in [3.05, 3.63) is 48.0 Å². The van der Waals surface area contributed by atoms with Crippen molar-refractivity contribution < 1.29 is 4.79 Å². The van der Waals surface area contributed by atoms with E-state index in [1.54, 1.807) is 0 Å². The van der Waals surface area contributed by atoms with E-state index in [0.717, 1.165) is 12.0 Å². The lowest BCUT2D eigenvalue weighted by Gasteiger charge is -2.03. The zero-order valence-electron chi connectivity index (χ0n) is 9.07. The van der Waals surface area contributed by atoms with Crippen LogP contribution in [-0.2, 0) is 11.3 Å². The van der Waals surface area contributed by atoms with Crippen LogP contribution in [0.5, 0.6) is 0 Å². The zero-order valence-corrected chi connectivity index (χ0v) is 9.07. The van der Waals surface area contributed by atoms with Gasteiger partial charge in [0.05, 0.1) is 0 Å². The van der Waals surface area contributed by atoms with Crippen molar-refractivity contribution in [3.8, 4) is 0 Å². The fourth-order valence-corrected chi connectivity index (χ4v) is 1.27. The van der Waals surface area contributed by atoms with Gasteiger partial charge in [0, 0.05) is 13.0 Å². The molecule has 1 aromatic carbocycles. The molecule has 0 fully saturated rings. The fourth-order valence-electron chi connectivity index (χ4n) is 1.27. The molecule has 0 saturated heterocycles. The van der Waals surface area contributed by atoms with Gasteiger partial charge in [0.1, 0.15) is 0 Å². The molecule has 0 atom stereocenters. The van der Waals surface area contributed by atoms with Crippen LogP contribution in [0.3, 0.4) is 0 Å². The molecule has 0 radical (unpaired) electrons. The molecule has 15 heavy (non-hydrogen) atoms. The summed E-state index contributed by atoms with van der Waals surface area (Å²) in [7, 11) is 0. The standard InChI is InChI=1S/C13H17NO/c1-2-3-5-10-13(15)14-11-12-8-6-4-7-9-12/h2-4,6-9H,5,10-11H2,1H3,(H,14,15)/b3-2+. The molecule has 0 aromatic heterocycles. The van der Waals surface area contributed by atoms with Crippen molar-refractivity contribution in [2.45, 2.75) is 26.3 Å². The van der Waals surface area contributed by atoms with Gasteiger partial charge in [0.2, 0.25) is 5.91 Å². The number of benzene rings is 1. The van der Waals surface area contributed by atoms with E-state index in [2.05, 4.69) is 5.32 Å². The summed E-state index contributed by atoms with van der Waals surface area (Å²) < 4.78 is 0. The van der Waals surface area contributed by atoms with E-state index < -0.39 is 0 Å². The van der Waals surface area contributed by atoms with Crippen LogP contribution < -0.4 is 5.32 Å². The predicted molar refractivity (Wildman–Crippen MR) is 62.3 cm³/mol. The van der Waals surface area contributed by atoms with E-state index in [1.165, 1.54) is 0 Å². The lowest BCUT2D eigenvalue weighted by molar-refractivity contribution is -0.121. The summed E-state index contributed by atoms with van der Waals surface area (Å²) in [5.74, 6) is 0.108. The second-order valence-corrected chi connectivity index (χ2v) is 3.37. The Morgan fingerprint density at radius 2 is 2.07 bits per heavy atom. The lowest BCUT2D eigenvalue weighted by atomic mass is 10.2. The third kappa shape index (κ3) is 5.01. The quantitative estimate of drug-likeness (QED) is 0.732. The Labute approximate surface area is 91.0 Å². The first-order valence-corrected chi connectivity index (χ1v) is 5.24. The van der Waals surface area contributed by atoms with Crippen molar-refractivity contribution in [2.75, 3.05) is 0 Å². The maximum Gasteiger partial charge on any atom is 0.220 e. The van der Waals surface area contributed by atoms with Crippen molar-refractivity contribution in [3.63, 3.8) is 0 Å². The smallest absolute Gasteiger partial charge is 0.220 e. The van der Waals surface area contributed by atoms with Crippen LogP contribution in [0, 0.1) is 0 Å². The highest BCUT2D eigenvalue weighted by Gasteiger charge is 1.98. The summed E-state index contributed by atoms with van der Waals surface area (Å²) in [6, 6.07) is 9.93. The predicted octanol–water partition coefficient (Wildman–Crippen LogP) is 2.66. The molecule has 1 amide bonds. The van der Waals surface area contributed by atoms with Gasteiger partial charge in [-0.3, -0.25) is 4.79 Å². The van der Waals surface area contributed by atoms with E-state index in [0.29, 0.717) is 13.0 Å². The first kappa shape index (κ1) is 11.5. The number of allylic oxidation sites excluding steroid dienone is 2. The van der Waals surface area contributed by atoms with Crippen molar-refractivity contribution >= 4 is 5.91 Å². The third-order valence-corrected chi connectivity index (χ3v) is 2.11. The highest BCUT2D eigenvalue weighted by Crippen LogP contribution is 1.98. The number of amides is 1. The van der Waals surface area contributed by atoms with Gasteiger partial charge in [-0.1, -0.05) is 42.5 Å². The zero-order chi connectivity index (χ0) is 10.9. The molecular formula is C13H17NO. The number of nitrogens with one attached hydrogen (secondary N) is 1. The molecule has 1 N–H and O–H groups in total. The van der Waals surface area contributed by atoms with E-state index in [1.807, 2.05) is 49.4 Å². The van der Waals surface area contributed by atoms with E-state index in [4.69, 9.17) is 0 Å². The van der Waals surface area contributed by atoms with Crippen LogP contribution in [0.25, 0.3) is 0 Å². The van der Waals surface area contributed by atoms with Gasteiger partial charge in [-0.25, -0.2) is 0 Å². The Balaban J connectivity index is 2.23. The van der Waals surface area contributed by atoms with Gasteiger partial charge in [0.25, 0.3) is 0 Å². The third-order valence-electron chi connectivity index (χ3n) is 2.11. The van der Waals surface area contributed by atoms with E-state index in [9.17, 15) is 4.79 Å². The molecule has 0 aliphatic heterocycles. The number of carbonyl (C=O) groups is 1. The van der Waals surface area contributed by atoms with Crippen molar-refractivity contribution in [1.29, 1.82) is 0 Å². The largest absolute Gasteiger partial charge is 0.352 e. The summed E-state index contributed by atoms with van der Waals surface area (Å²) in [6.07, 6.45) is 5.35. The molecular weight excluding hydrogens is 186 g/mol. The Kier molecular flexibility index (Phi) is 5.23. The lowest BCUT2D eigenvalue weighted by Crippen LogP contribution is -2.22. The van der Waals surface area contributed by atoms with Gasteiger partial charge in [-0.05, 0) is 18.9 Å². The maximum atomic E-state index is 11.3. The van der Waals surface area contributed by atoms with Gasteiger partial charge in [-0.2, -0.15) is 0 Å². The molecule has 80 valence electrons. The first-order chi connectivity index (χ1) is 7.33. The van der Waals surface area contributed by atoms with Crippen LogP contribution in [0.2, 0.25) is 0 Å². The first-order valence-electron chi connectivity index (χ1n) is 5.24. The topological polar surface area (TPSA) is 29.1 Å². The molecule has 1 aromatic rings. The molecule has 0 aliphatic carbocycles. The number of hydrogen-bond donors (Lipinski definition) is 1. The second-order valence-electron chi connectivity index (χ2n) is 3.37. The van der Waals surface area contributed by atoms with Crippen LogP contribution in [0.1, 0.15) is 25.3 Å². The van der Waals surface area contributed by atoms with Crippen LogP contribution >= 0.6 is 0 Å².